The summed E-state index contributed by atoms with van der Waals surface area (Å²) >= 11 is 1.26. The molecular formula is C21H21F6N2O2S-. The first-order chi connectivity index (χ1) is 14.9. The smallest absolute Gasteiger partial charge is 0.430 e. The molecule has 2 N–H and O–H groups in total. The van der Waals surface area contributed by atoms with E-state index in [0.29, 0.717) is 17.0 Å². The van der Waals surface area contributed by atoms with E-state index in [1.807, 2.05) is 0 Å². The third-order valence-electron chi connectivity index (χ3n) is 5.40. The van der Waals surface area contributed by atoms with Crippen molar-refractivity contribution in [3.63, 3.8) is 0 Å². The predicted molar refractivity (Wildman–Crippen MR) is 108 cm³/mol. The molecule has 2 aromatic rings. The van der Waals surface area contributed by atoms with Gasteiger partial charge in [-0.15, -0.1) is 17.0 Å². The van der Waals surface area contributed by atoms with Gasteiger partial charge >= 0.3 is 12.4 Å². The van der Waals surface area contributed by atoms with Crippen LogP contribution in [-0.2, 0) is 10.4 Å². The quantitative estimate of drug-likeness (QED) is 0.481. The number of aliphatic hydroxyl groups is 1. The van der Waals surface area contributed by atoms with Crippen LogP contribution in [0.4, 0.5) is 32.0 Å². The first kappa shape index (κ1) is 24.4. The van der Waals surface area contributed by atoms with Crippen LogP contribution in [0, 0.1) is 0 Å². The van der Waals surface area contributed by atoms with E-state index in [2.05, 4.69) is 10.6 Å². The summed E-state index contributed by atoms with van der Waals surface area (Å²) in [6.07, 6.45) is -7.18. The number of hydrogen-bond acceptors (Lipinski definition) is 3. The molecule has 11 heteroatoms. The van der Waals surface area contributed by atoms with Crippen molar-refractivity contribution in [2.75, 3.05) is 0 Å². The molecule has 0 bridgehead atoms. The third kappa shape index (κ3) is 5.03. The molecule has 1 amide bonds. The highest BCUT2D eigenvalue weighted by Gasteiger charge is 2.71. The van der Waals surface area contributed by atoms with Crippen LogP contribution in [0.3, 0.4) is 0 Å². The Morgan fingerprint density at radius 1 is 1.00 bits per heavy atom. The van der Waals surface area contributed by atoms with Crippen LogP contribution < -0.4 is 5.32 Å². The number of halogens is 6. The summed E-state index contributed by atoms with van der Waals surface area (Å²) in [5.41, 5.74) is -6.38. The van der Waals surface area contributed by atoms with Gasteiger partial charge in [-0.05, 0) is 35.2 Å². The molecule has 1 atom stereocenters. The maximum Gasteiger partial charge on any atom is 0.430 e. The molecule has 1 aromatic carbocycles. The van der Waals surface area contributed by atoms with Gasteiger partial charge in [0.05, 0.1) is 0 Å². The average molecular weight is 479 g/mol. The topological polar surface area (TPSA) is 63.4 Å². The minimum Gasteiger partial charge on any atom is -0.670 e. The zero-order valence-corrected chi connectivity index (χ0v) is 17.5. The van der Waals surface area contributed by atoms with E-state index in [0.717, 1.165) is 44.2 Å². The molecule has 0 radical (unpaired) electrons. The largest absolute Gasteiger partial charge is 0.670 e. The molecule has 0 aliphatic heterocycles. The van der Waals surface area contributed by atoms with Crippen LogP contribution in [0.25, 0.3) is 5.32 Å². The molecule has 1 saturated carbocycles. The summed E-state index contributed by atoms with van der Waals surface area (Å²) in [6.45, 7) is 0. The van der Waals surface area contributed by atoms with Gasteiger partial charge < -0.3 is 15.7 Å². The summed E-state index contributed by atoms with van der Waals surface area (Å²) in [6, 6.07) is 5.29. The van der Waals surface area contributed by atoms with Crippen molar-refractivity contribution in [1.82, 2.24) is 5.32 Å². The van der Waals surface area contributed by atoms with Crippen LogP contribution in [0.15, 0.2) is 41.8 Å². The van der Waals surface area contributed by atoms with Gasteiger partial charge in [0.2, 0.25) is 5.91 Å². The summed E-state index contributed by atoms with van der Waals surface area (Å²) in [5, 5.41) is 18.5. The lowest BCUT2D eigenvalue weighted by atomic mass is 9.92. The summed E-state index contributed by atoms with van der Waals surface area (Å²) in [7, 11) is 0. The van der Waals surface area contributed by atoms with Gasteiger partial charge in [-0.1, -0.05) is 49.6 Å². The first-order valence-corrected chi connectivity index (χ1v) is 10.8. The highest BCUT2D eigenvalue weighted by Crippen LogP contribution is 2.50. The number of nitrogens with zero attached hydrogens (tertiary/aromatic N) is 1. The molecule has 32 heavy (non-hydrogen) atoms. The van der Waals surface area contributed by atoms with Gasteiger partial charge in [0, 0.05) is 11.6 Å². The third-order valence-corrected chi connectivity index (χ3v) is 6.32. The zero-order valence-electron chi connectivity index (χ0n) is 16.7. The average Bonchev–Trinajstić information content (AvgIpc) is 3.25. The molecule has 176 valence electrons. The number of thiophene rings is 1. The normalized spacial score (nSPS) is 17.1. The molecular weight excluding hydrogens is 458 g/mol. The lowest BCUT2D eigenvalue weighted by Crippen LogP contribution is -2.53. The fraction of sp³-hybridized carbons (Fsp3) is 0.476. The minimum atomic E-state index is -5.97. The van der Waals surface area contributed by atoms with Crippen molar-refractivity contribution in [2.45, 2.75) is 62.1 Å². The van der Waals surface area contributed by atoms with E-state index in [4.69, 9.17) is 0 Å². The molecule has 1 unspecified atom stereocenters. The van der Waals surface area contributed by atoms with Gasteiger partial charge in [-0.2, -0.15) is 26.3 Å². The van der Waals surface area contributed by atoms with E-state index >= 15 is 0 Å². The van der Waals surface area contributed by atoms with Crippen LogP contribution in [0.2, 0.25) is 0 Å². The second-order valence-electron chi connectivity index (χ2n) is 7.64. The zero-order chi connectivity index (χ0) is 23.6. The Kier molecular flexibility index (Phi) is 7.09. The first-order valence-electron chi connectivity index (χ1n) is 9.94. The number of carbonyl (C=O) groups is 1. The molecule has 1 heterocycles. The van der Waals surface area contributed by atoms with Crippen molar-refractivity contribution < 1.29 is 36.2 Å². The van der Waals surface area contributed by atoms with Gasteiger partial charge in [0.25, 0.3) is 5.60 Å². The monoisotopic (exact) mass is 479 g/mol. The van der Waals surface area contributed by atoms with E-state index < -0.39 is 29.6 Å². The summed E-state index contributed by atoms with van der Waals surface area (Å²) in [4.78, 5) is 13.5. The van der Waals surface area contributed by atoms with Crippen LogP contribution in [0.1, 0.15) is 48.6 Å². The number of nitrogens with one attached hydrogen (secondary N) is 1. The van der Waals surface area contributed by atoms with Crippen molar-refractivity contribution >= 4 is 22.9 Å². The molecule has 1 aliphatic carbocycles. The standard InChI is InChI=1S/C21H21F6N2O2S/c22-20(23,24)19(31,21(25,26)27)13-8-10-15(11-9-13)28-17(16-7-4-12-32-16)18(30)29-14-5-2-1-3-6-14/h4,7-12,14,17,31H,1-3,5-6H2,(H,29,30)/q-1. The molecule has 1 aromatic heterocycles. The van der Waals surface area contributed by atoms with Crippen molar-refractivity contribution in [1.29, 1.82) is 0 Å². The maximum atomic E-state index is 13.1. The molecule has 0 saturated heterocycles. The van der Waals surface area contributed by atoms with Gasteiger partial charge in [0.1, 0.15) is 0 Å². The summed E-state index contributed by atoms with van der Waals surface area (Å²) < 4.78 is 78.4. The van der Waals surface area contributed by atoms with Crippen molar-refractivity contribution in [3.8, 4) is 0 Å². The number of hydrogen-bond donors (Lipinski definition) is 2. The SMILES string of the molecule is O=C(NC1CCCCC1)C([N-]c1ccc(C(O)(C(F)(F)F)C(F)(F)F)cc1)c1cccs1. The van der Waals surface area contributed by atoms with Crippen LogP contribution in [0.5, 0.6) is 0 Å². The Balaban J connectivity index is 1.82. The van der Waals surface area contributed by atoms with Gasteiger partial charge in [-0.25, -0.2) is 0 Å². The molecule has 4 nitrogen and oxygen atoms in total. The van der Waals surface area contributed by atoms with E-state index in [9.17, 15) is 36.2 Å². The van der Waals surface area contributed by atoms with Crippen molar-refractivity contribution in [2.24, 2.45) is 0 Å². The number of benzene rings is 1. The maximum absolute atomic E-state index is 13.1. The van der Waals surface area contributed by atoms with Gasteiger partial charge in [-0.3, -0.25) is 4.79 Å². The van der Waals surface area contributed by atoms with Crippen LogP contribution in [-0.4, -0.2) is 29.4 Å². The lowest BCUT2D eigenvalue weighted by molar-refractivity contribution is -0.376. The molecule has 1 fully saturated rings. The predicted octanol–water partition coefficient (Wildman–Crippen LogP) is 6.26. The second-order valence-corrected chi connectivity index (χ2v) is 8.62. The Morgan fingerprint density at radius 3 is 2.09 bits per heavy atom. The molecule has 1 aliphatic rings. The van der Waals surface area contributed by atoms with Gasteiger partial charge in [0.15, 0.2) is 0 Å². The fourth-order valence-corrected chi connectivity index (χ4v) is 4.41. The van der Waals surface area contributed by atoms with E-state index in [1.54, 1.807) is 17.5 Å². The molecule has 3 rings (SSSR count). The Labute approximate surface area is 184 Å². The second kappa shape index (κ2) is 9.30. The van der Waals surface area contributed by atoms with E-state index in [-0.39, 0.29) is 17.6 Å². The van der Waals surface area contributed by atoms with Crippen LogP contribution >= 0.6 is 11.3 Å². The lowest BCUT2D eigenvalue weighted by Gasteiger charge is -2.35. The highest BCUT2D eigenvalue weighted by atomic mass is 32.1. The Hall–Kier alpha value is -2.27. The number of rotatable bonds is 6. The fourth-order valence-electron chi connectivity index (χ4n) is 3.65. The molecule has 0 spiro atoms. The minimum absolute atomic E-state index is 0.00450. The summed E-state index contributed by atoms with van der Waals surface area (Å²) in [5.74, 6) is -0.384. The Bertz CT molecular complexity index is 877. The number of carbonyl (C=O) groups excluding carboxylic acids is 1. The number of amides is 1. The highest BCUT2D eigenvalue weighted by molar-refractivity contribution is 7.10. The Morgan fingerprint density at radius 2 is 1.59 bits per heavy atom. The van der Waals surface area contributed by atoms with E-state index in [1.165, 1.54) is 11.3 Å². The van der Waals surface area contributed by atoms with Crippen molar-refractivity contribution in [3.05, 3.63) is 57.5 Å². The number of alkyl halides is 6.